The van der Waals surface area contributed by atoms with Gasteiger partial charge in [0.15, 0.2) is 0 Å². The molecule has 1 atom stereocenters. The standard InChI is InChI=1S/C13H16ClF3N2O/c1-12(2,20)10-4-3-5-19(10)11-9(14)6-8(7-18-11)13(15,16)17/h6-7,10,20H,3-5H2,1-2H3/t10-/m1/s1. The van der Waals surface area contributed by atoms with Crippen LogP contribution >= 0.6 is 11.6 Å². The van der Waals surface area contributed by atoms with Crippen LogP contribution in [0.1, 0.15) is 32.3 Å². The summed E-state index contributed by atoms with van der Waals surface area (Å²) < 4.78 is 37.8. The van der Waals surface area contributed by atoms with Crippen molar-refractivity contribution < 1.29 is 18.3 Å². The molecule has 1 aliphatic rings. The molecule has 0 bridgehead atoms. The van der Waals surface area contributed by atoms with E-state index in [-0.39, 0.29) is 11.1 Å². The first kappa shape index (κ1) is 15.4. The zero-order valence-corrected chi connectivity index (χ0v) is 12.0. The van der Waals surface area contributed by atoms with Crippen LogP contribution in [0, 0.1) is 0 Å². The van der Waals surface area contributed by atoms with Crippen LogP contribution in [0.4, 0.5) is 19.0 Å². The molecular formula is C13H16ClF3N2O. The number of rotatable bonds is 2. The molecule has 1 aromatic rings. The number of aliphatic hydroxyl groups is 1. The van der Waals surface area contributed by atoms with Crippen molar-refractivity contribution in [3.05, 3.63) is 22.8 Å². The monoisotopic (exact) mass is 308 g/mol. The molecule has 0 spiro atoms. The van der Waals surface area contributed by atoms with Crippen LogP contribution in [0.5, 0.6) is 0 Å². The summed E-state index contributed by atoms with van der Waals surface area (Å²) in [7, 11) is 0. The van der Waals surface area contributed by atoms with E-state index in [1.807, 2.05) is 0 Å². The van der Waals surface area contributed by atoms with E-state index in [2.05, 4.69) is 4.98 Å². The fourth-order valence-corrected chi connectivity index (χ4v) is 2.83. The summed E-state index contributed by atoms with van der Waals surface area (Å²) in [5, 5.41) is 10.1. The quantitative estimate of drug-likeness (QED) is 0.908. The Morgan fingerprint density at radius 1 is 1.40 bits per heavy atom. The number of halogens is 4. The van der Waals surface area contributed by atoms with Gasteiger partial charge in [-0.05, 0) is 32.8 Å². The van der Waals surface area contributed by atoms with Gasteiger partial charge in [-0.1, -0.05) is 11.6 Å². The number of aromatic nitrogens is 1. The molecule has 1 N–H and O–H groups in total. The smallest absolute Gasteiger partial charge is 0.388 e. The van der Waals surface area contributed by atoms with Crippen LogP contribution < -0.4 is 4.90 Å². The molecule has 0 saturated carbocycles. The van der Waals surface area contributed by atoms with Gasteiger partial charge in [0.05, 0.1) is 22.2 Å². The van der Waals surface area contributed by atoms with Crippen LogP contribution in [-0.2, 0) is 6.18 Å². The fraction of sp³-hybridized carbons (Fsp3) is 0.615. The second-order valence-corrected chi connectivity index (χ2v) is 5.94. The molecule has 0 aromatic carbocycles. The third-order valence-corrected chi connectivity index (χ3v) is 3.77. The van der Waals surface area contributed by atoms with Gasteiger partial charge >= 0.3 is 6.18 Å². The summed E-state index contributed by atoms with van der Waals surface area (Å²) in [5.41, 5.74) is -1.84. The Morgan fingerprint density at radius 3 is 2.55 bits per heavy atom. The minimum absolute atomic E-state index is 0.0454. The first-order valence-corrected chi connectivity index (χ1v) is 6.70. The molecule has 20 heavy (non-hydrogen) atoms. The molecule has 1 aliphatic heterocycles. The van der Waals surface area contributed by atoms with Crippen molar-refractivity contribution in [3.63, 3.8) is 0 Å². The van der Waals surface area contributed by atoms with Gasteiger partial charge in [0.2, 0.25) is 0 Å². The van der Waals surface area contributed by atoms with Crippen LogP contribution in [-0.4, -0.2) is 28.3 Å². The molecule has 0 aliphatic carbocycles. The highest BCUT2D eigenvalue weighted by Crippen LogP contribution is 2.37. The van der Waals surface area contributed by atoms with Crippen molar-refractivity contribution in [2.75, 3.05) is 11.4 Å². The van der Waals surface area contributed by atoms with Gasteiger partial charge in [-0.3, -0.25) is 0 Å². The van der Waals surface area contributed by atoms with Crippen LogP contribution in [0.3, 0.4) is 0 Å². The summed E-state index contributed by atoms with van der Waals surface area (Å²) >= 11 is 5.95. The third-order valence-electron chi connectivity index (χ3n) is 3.49. The highest BCUT2D eigenvalue weighted by molar-refractivity contribution is 6.33. The minimum Gasteiger partial charge on any atom is -0.388 e. The zero-order chi connectivity index (χ0) is 15.1. The number of hydrogen-bond acceptors (Lipinski definition) is 3. The lowest BCUT2D eigenvalue weighted by Gasteiger charge is -2.35. The van der Waals surface area contributed by atoms with Gasteiger partial charge in [0.1, 0.15) is 5.82 Å². The predicted octanol–water partition coefficient (Wildman–Crippen LogP) is 3.49. The Hall–Kier alpha value is -1.01. The zero-order valence-electron chi connectivity index (χ0n) is 11.2. The first-order valence-electron chi connectivity index (χ1n) is 6.32. The Morgan fingerprint density at radius 2 is 2.05 bits per heavy atom. The second-order valence-electron chi connectivity index (χ2n) is 5.53. The van der Waals surface area contributed by atoms with Crippen molar-refractivity contribution in [1.82, 2.24) is 4.98 Å². The van der Waals surface area contributed by atoms with E-state index < -0.39 is 17.3 Å². The molecule has 1 saturated heterocycles. The lowest BCUT2D eigenvalue weighted by Crippen LogP contribution is -2.46. The summed E-state index contributed by atoms with van der Waals surface area (Å²) in [6.45, 7) is 3.97. The van der Waals surface area contributed by atoms with Crippen LogP contribution in [0.25, 0.3) is 0 Å². The first-order chi connectivity index (χ1) is 9.10. The van der Waals surface area contributed by atoms with E-state index in [0.717, 1.165) is 25.1 Å². The molecule has 1 fully saturated rings. The molecule has 0 unspecified atom stereocenters. The van der Waals surface area contributed by atoms with Crippen LogP contribution in [0.15, 0.2) is 12.3 Å². The van der Waals surface area contributed by atoms with E-state index in [9.17, 15) is 18.3 Å². The second kappa shape index (κ2) is 5.07. The Labute approximate surface area is 120 Å². The van der Waals surface area contributed by atoms with Crippen molar-refractivity contribution in [2.45, 2.75) is 44.5 Å². The van der Waals surface area contributed by atoms with Crippen LogP contribution in [0.2, 0.25) is 5.02 Å². The number of nitrogens with zero attached hydrogens (tertiary/aromatic N) is 2. The van der Waals surface area contributed by atoms with E-state index in [1.54, 1.807) is 18.7 Å². The van der Waals surface area contributed by atoms with E-state index in [4.69, 9.17) is 11.6 Å². The molecule has 2 rings (SSSR count). The van der Waals surface area contributed by atoms with Crippen molar-refractivity contribution >= 4 is 17.4 Å². The summed E-state index contributed by atoms with van der Waals surface area (Å²) in [6.07, 6.45) is -2.09. The minimum atomic E-state index is -4.46. The van der Waals surface area contributed by atoms with E-state index in [0.29, 0.717) is 12.4 Å². The van der Waals surface area contributed by atoms with Gasteiger partial charge in [-0.15, -0.1) is 0 Å². The van der Waals surface area contributed by atoms with Gasteiger partial charge in [0, 0.05) is 12.7 Å². The summed E-state index contributed by atoms with van der Waals surface area (Å²) in [5.74, 6) is 0.296. The van der Waals surface area contributed by atoms with Crippen molar-refractivity contribution in [1.29, 1.82) is 0 Å². The van der Waals surface area contributed by atoms with E-state index in [1.165, 1.54) is 0 Å². The normalized spacial score (nSPS) is 20.6. The maximum absolute atomic E-state index is 12.6. The fourth-order valence-electron chi connectivity index (χ4n) is 2.55. The Kier molecular flexibility index (Phi) is 3.90. The predicted molar refractivity (Wildman–Crippen MR) is 70.9 cm³/mol. The van der Waals surface area contributed by atoms with Crippen molar-refractivity contribution in [2.24, 2.45) is 0 Å². The highest BCUT2D eigenvalue weighted by Gasteiger charge is 2.38. The van der Waals surface area contributed by atoms with E-state index >= 15 is 0 Å². The Balaban J connectivity index is 2.34. The average molecular weight is 309 g/mol. The number of pyridine rings is 1. The molecule has 2 heterocycles. The highest BCUT2D eigenvalue weighted by atomic mass is 35.5. The molecule has 1 aromatic heterocycles. The lowest BCUT2D eigenvalue weighted by atomic mass is 9.96. The SMILES string of the molecule is CC(C)(O)[C@H]1CCCN1c1ncc(C(F)(F)F)cc1Cl. The Bertz CT molecular complexity index is 499. The average Bonchev–Trinajstić information content (AvgIpc) is 2.75. The summed E-state index contributed by atoms with van der Waals surface area (Å²) in [4.78, 5) is 5.63. The van der Waals surface area contributed by atoms with Gasteiger partial charge in [-0.25, -0.2) is 4.98 Å². The maximum Gasteiger partial charge on any atom is 0.417 e. The largest absolute Gasteiger partial charge is 0.417 e. The molecule has 0 amide bonds. The molecule has 7 heteroatoms. The number of alkyl halides is 3. The molecule has 0 radical (unpaired) electrons. The van der Waals surface area contributed by atoms with Gasteiger partial charge in [0.25, 0.3) is 0 Å². The molecule has 112 valence electrons. The lowest BCUT2D eigenvalue weighted by molar-refractivity contribution is -0.137. The number of hydrogen-bond donors (Lipinski definition) is 1. The third kappa shape index (κ3) is 3.01. The molecule has 3 nitrogen and oxygen atoms in total. The van der Waals surface area contributed by atoms with Gasteiger partial charge < -0.3 is 10.0 Å². The maximum atomic E-state index is 12.6. The molecular weight excluding hydrogens is 293 g/mol. The van der Waals surface area contributed by atoms with Crippen molar-refractivity contribution in [3.8, 4) is 0 Å². The topological polar surface area (TPSA) is 36.4 Å². The number of anilines is 1. The summed E-state index contributed by atoms with van der Waals surface area (Å²) in [6, 6.07) is 0.674. The van der Waals surface area contributed by atoms with Gasteiger partial charge in [-0.2, -0.15) is 13.2 Å².